The number of carbonyl (C=O) groups is 9. The predicted molar refractivity (Wildman–Crippen MR) is 318 cm³/mol. The second-order valence-electron chi connectivity index (χ2n) is 23.4. The molecule has 8 atom stereocenters. The molecule has 0 saturated carbocycles. The molecule has 5 amide bonds. The maximum absolute atomic E-state index is 14.1. The van der Waals surface area contributed by atoms with Gasteiger partial charge in [0.1, 0.15) is 30.1 Å². The number of ether oxygens (including phenoxy) is 6. The number of aliphatic carboxylic acids is 1. The lowest BCUT2D eigenvalue weighted by Gasteiger charge is -2.30. The number of carboxylic acids is 1. The highest BCUT2D eigenvalue weighted by atomic mass is 35.5. The number of rotatable bonds is 35. The van der Waals surface area contributed by atoms with E-state index in [1.165, 1.54) is 6.08 Å². The molecule has 0 radical (unpaired) electrons. The molecule has 0 unspecified atom stereocenters. The Morgan fingerprint density at radius 2 is 1.46 bits per heavy atom. The molecule has 2 aliphatic rings. The summed E-state index contributed by atoms with van der Waals surface area (Å²) in [4.78, 5) is 120. The molecule has 6 N–H and O–H groups in total. The van der Waals surface area contributed by atoms with Gasteiger partial charge >= 0.3 is 11.9 Å². The average Bonchev–Trinajstić information content (AvgIpc) is 3.88. The third-order valence-electron chi connectivity index (χ3n) is 14.9. The topological polar surface area (TPSA) is 293 Å². The van der Waals surface area contributed by atoms with Gasteiger partial charge in [-0.15, -0.1) is 0 Å². The number of epoxide rings is 1. The van der Waals surface area contributed by atoms with Gasteiger partial charge in [0.2, 0.25) is 29.5 Å². The minimum absolute atomic E-state index is 0.00590. The van der Waals surface area contributed by atoms with E-state index in [4.69, 9.17) is 45.1 Å². The number of amides is 5. The first kappa shape index (κ1) is 71.4. The average molecular weight is 1210 g/mol. The van der Waals surface area contributed by atoms with Crippen molar-refractivity contribution in [2.24, 2.45) is 29.1 Å². The number of nitrogens with one attached hydrogen (secondary N) is 5. The molecule has 0 spiro atoms. The number of carbonyl (C=O) groups excluding carboxylic acids is 8. The fraction of sp³-hybridized carbons (Fsp3) is 0.635. The fourth-order valence-corrected chi connectivity index (χ4v) is 9.79. The fourth-order valence-electron chi connectivity index (χ4n) is 9.59. The van der Waals surface area contributed by atoms with Crippen LogP contribution < -0.4 is 26.6 Å². The first-order valence-electron chi connectivity index (χ1n) is 29.7. The van der Waals surface area contributed by atoms with Crippen molar-refractivity contribution < 1.29 is 76.7 Å². The lowest BCUT2D eigenvalue weighted by Crippen LogP contribution is -2.54. The first-order chi connectivity index (χ1) is 40.4. The molecule has 2 aromatic carbocycles. The van der Waals surface area contributed by atoms with Crippen molar-refractivity contribution in [2.75, 3.05) is 66.4 Å². The van der Waals surface area contributed by atoms with Gasteiger partial charge in [-0.3, -0.25) is 38.4 Å². The second kappa shape index (κ2) is 36.8. The van der Waals surface area contributed by atoms with E-state index >= 15 is 0 Å². The third kappa shape index (κ3) is 26.2. The highest BCUT2D eigenvalue weighted by molar-refractivity contribution is 6.31. The van der Waals surface area contributed by atoms with Gasteiger partial charge in [0.25, 0.3) is 0 Å². The molecule has 2 aromatic rings. The van der Waals surface area contributed by atoms with E-state index in [2.05, 4.69) is 26.6 Å². The predicted octanol–water partition coefficient (Wildman–Crippen LogP) is 6.06. The Morgan fingerprint density at radius 3 is 2.09 bits per heavy atom. The molecule has 21 nitrogen and oxygen atoms in total. The minimum Gasteiger partial charge on any atom is -0.481 e. The van der Waals surface area contributed by atoms with E-state index in [1.807, 2.05) is 64.1 Å². The normalized spacial score (nSPS) is 20.7. The Hall–Kier alpha value is -6.10. The third-order valence-corrected chi connectivity index (χ3v) is 15.3. The largest absolute Gasteiger partial charge is 0.481 e. The molecule has 472 valence electrons. The van der Waals surface area contributed by atoms with E-state index in [9.17, 15) is 43.2 Å². The van der Waals surface area contributed by atoms with Gasteiger partial charge in [0.15, 0.2) is 5.78 Å². The molecule has 22 heteroatoms. The number of carboxylic acid groups (broad SMARTS) is 1. The monoisotopic (exact) mass is 1210 g/mol. The number of halogens is 1. The first-order valence-corrected chi connectivity index (χ1v) is 30.1. The van der Waals surface area contributed by atoms with Crippen LogP contribution >= 0.6 is 11.6 Å². The van der Waals surface area contributed by atoms with E-state index in [0.717, 1.165) is 22.3 Å². The highest BCUT2D eigenvalue weighted by Crippen LogP contribution is 2.45. The Kier molecular flexibility index (Phi) is 30.9. The van der Waals surface area contributed by atoms with Crippen molar-refractivity contribution >= 4 is 64.6 Å². The van der Waals surface area contributed by atoms with Gasteiger partial charge in [-0.05, 0) is 92.7 Å². The number of esters is 1. The van der Waals surface area contributed by atoms with Gasteiger partial charge in [-0.1, -0.05) is 88.7 Å². The Balaban J connectivity index is 1.44. The van der Waals surface area contributed by atoms with Crippen LogP contribution in [0, 0.1) is 36.0 Å². The Labute approximate surface area is 505 Å². The van der Waals surface area contributed by atoms with Crippen LogP contribution in [-0.4, -0.2) is 155 Å². The lowest BCUT2D eigenvalue weighted by atomic mass is 9.85. The zero-order chi connectivity index (χ0) is 62.6. The summed E-state index contributed by atoms with van der Waals surface area (Å²) in [7, 11) is 1.60. The molecule has 4 rings (SSSR count). The Morgan fingerprint density at radius 1 is 0.800 bits per heavy atom. The van der Waals surface area contributed by atoms with Crippen LogP contribution in [-0.2, 0) is 84.4 Å². The van der Waals surface area contributed by atoms with Crippen LogP contribution in [0.1, 0.15) is 135 Å². The highest BCUT2D eigenvalue weighted by Gasteiger charge is 2.48. The zero-order valence-corrected chi connectivity index (χ0v) is 51.8. The van der Waals surface area contributed by atoms with Crippen LogP contribution in [0.15, 0.2) is 54.6 Å². The summed E-state index contributed by atoms with van der Waals surface area (Å²) in [5.41, 5.74) is 2.09. The molecular formula is C63H92ClN5O16. The van der Waals surface area contributed by atoms with Gasteiger partial charge in [0.05, 0.1) is 63.8 Å². The summed E-state index contributed by atoms with van der Waals surface area (Å²) in [5.74, 6) is -6.14. The number of cyclic esters (lactones) is 1. The molecule has 0 aromatic heterocycles. The van der Waals surface area contributed by atoms with E-state index in [1.54, 1.807) is 46.9 Å². The number of methoxy groups -OCH3 is 1. The summed E-state index contributed by atoms with van der Waals surface area (Å²) in [6.07, 6.45) is 1.88. The number of aryl methyl sites for hydroxylation is 2. The van der Waals surface area contributed by atoms with Gasteiger partial charge in [-0.25, -0.2) is 4.79 Å². The van der Waals surface area contributed by atoms with Crippen LogP contribution in [0.4, 0.5) is 0 Å². The molecular weight excluding hydrogens is 1120 g/mol. The summed E-state index contributed by atoms with van der Waals surface area (Å²) < 4.78 is 33.8. The minimum atomic E-state index is -1.17. The smallest absolute Gasteiger partial charge is 0.328 e. The summed E-state index contributed by atoms with van der Waals surface area (Å²) in [5, 5.41) is 23.6. The number of benzene rings is 2. The molecule has 2 heterocycles. The maximum Gasteiger partial charge on any atom is 0.328 e. The molecule has 85 heavy (non-hydrogen) atoms. The van der Waals surface area contributed by atoms with Crippen LogP contribution in [0.3, 0.4) is 0 Å². The van der Waals surface area contributed by atoms with Gasteiger partial charge < -0.3 is 60.1 Å². The molecule has 0 aliphatic carbocycles. The van der Waals surface area contributed by atoms with E-state index in [0.29, 0.717) is 51.1 Å². The van der Waals surface area contributed by atoms with Crippen molar-refractivity contribution in [3.8, 4) is 0 Å². The number of ketones is 2. The molecule has 1 saturated heterocycles. The summed E-state index contributed by atoms with van der Waals surface area (Å²) >= 11 is 6.41. The second-order valence-corrected chi connectivity index (χ2v) is 23.8. The van der Waals surface area contributed by atoms with Crippen molar-refractivity contribution in [3.05, 3.63) is 81.9 Å². The van der Waals surface area contributed by atoms with E-state index in [-0.39, 0.29) is 119 Å². The zero-order valence-electron chi connectivity index (χ0n) is 51.1. The van der Waals surface area contributed by atoms with Crippen molar-refractivity contribution in [2.45, 2.75) is 162 Å². The van der Waals surface area contributed by atoms with Gasteiger partial charge in [0, 0.05) is 82.0 Å². The van der Waals surface area contributed by atoms with Crippen LogP contribution in [0.25, 0.3) is 0 Å². The quantitative estimate of drug-likeness (QED) is 0.0260. The SMILES string of the molecule is COCCOCCOCCOCCNC(=O)CC[C@H](CC(=O)[C@@H](NC(=O)CCCC(=O)O)C(C)C)C(=O)CCc1ccc([C@H]2O[C@@H]2[C@@H](C)[C@@H]2C/C=C/C(=O)N[C@H](Cc3ccc(C)c(Cl)c3)C(=O)NCC(C)(C)C(=O)N[C@@H](CC(C)C)C(=O)O2)cc1. The maximum atomic E-state index is 14.1. The van der Waals surface area contributed by atoms with Crippen molar-refractivity contribution in [1.82, 2.24) is 26.6 Å². The molecule has 0 bridgehead atoms. The standard InChI is InChI=1S/C63H92ClN5O16/c1-39(2)34-49-61(78)84-52(12-10-13-54(73)67-48(36-44-17-16-41(5)47(64)35-44)60(77)66-38-63(7,8)62(79)68-49)42(6)58-59(85-58)45-21-18-43(19-22-45)20-24-50(70)46(37-51(71)57(40(3)4)69-55(74)14-11-15-56(75)76)23-25-53(72)65-26-27-81-30-31-83-33-32-82-29-28-80-9/h10,13,16-19,21-22,35,39-40,42,46,48-49,52,57-59H,11-12,14-15,20,23-34,36-38H2,1-9H3,(H,65,72)(H,66,77)(H,67,73)(H,68,79)(H,69,74)(H,75,76)/b13-10+/t42-,46+,48+,49-,52-,57-,58+,59+/m0/s1. The van der Waals surface area contributed by atoms with Crippen molar-refractivity contribution in [3.63, 3.8) is 0 Å². The summed E-state index contributed by atoms with van der Waals surface area (Å²) in [6.45, 7) is 17.3. The molecule has 2 aliphatic heterocycles. The Bertz CT molecular complexity index is 2560. The number of Topliss-reactive ketones (excluding diaryl/α,β-unsaturated/α-hetero) is 2. The summed E-state index contributed by atoms with van der Waals surface area (Å²) in [6, 6.07) is 10.0. The van der Waals surface area contributed by atoms with Gasteiger partial charge in [-0.2, -0.15) is 0 Å². The van der Waals surface area contributed by atoms with E-state index < -0.39 is 83.2 Å². The van der Waals surface area contributed by atoms with Crippen LogP contribution in [0.5, 0.6) is 0 Å². The van der Waals surface area contributed by atoms with Crippen LogP contribution in [0.2, 0.25) is 5.02 Å². The number of hydrogen-bond donors (Lipinski definition) is 6. The molecule has 1 fully saturated rings. The number of hydrogen-bond acceptors (Lipinski definition) is 15. The van der Waals surface area contributed by atoms with Crippen molar-refractivity contribution in [1.29, 1.82) is 0 Å². The lowest BCUT2D eigenvalue weighted by molar-refractivity contribution is -0.157.